The van der Waals surface area contributed by atoms with Gasteiger partial charge in [0, 0.05) is 59.4 Å². The van der Waals surface area contributed by atoms with Gasteiger partial charge in [0.1, 0.15) is 30.5 Å². The summed E-state index contributed by atoms with van der Waals surface area (Å²) in [6, 6.07) is 31.6. The molecule has 3 aromatic rings. The summed E-state index contributed by atoms with van der Waals surface area (Å²) in [6.45, 7) is 32.5. The highest BCUT2D eigenvalue weighted by Crippen LogP contribution is 2.77. The van der Waals surface area contributed by atoms with Crippen molar-refractivity contribution in [2.24, 2.45) is 56.7 Å². The minimum absolute atomic E-state index is 0. The van der Waals surface area contributed by atoms with E-state index in [0.29, 0.717) is 41.7 Å². The average molecular weight is 1010 g/mol. The number of anilines is 1. The number of esters is 1. The number of carbonyl (C=O) groups excluding carboxylic acids is 2. The number of rotatable bonds is 12. The van der Waals surface area contributed by atoms with Gasteiger partial charge in [0.25, 0.3) is 0 Å². The van der Waals surface area contributed by atoms with Crippen LogP contribution >= 0.6 is 0 Å². The van der Waals surface area contributed by atoms with Crippen LogP contribution in [-0.2, 0) is 16.1 Å². The van der Waals surface area contributed by atoms with Gasteiger partial charge in [0.2, 0.25) is 11.3 Å². The number of ether oxygens (including phenoxy) is 1. The van der Waals surface area contributed by atoms with Crippen molar-refractivity contribution in [1.82, 2.24) is 9.89 Å². The molecule has 0 aromatic heterocycles. The largest absolute Gasteiger partial charge is 1.00 e. The highest BCUT2D eigenvalue weighted by molar-refractivity contribution is 6.08. The minimum atomic E-state index is -0.338. The molecule has 5 fully saturated rings. The van der Waals surface area contributed by atoms with E-state index in [-0.39, 0.29) is 57.5 Å². The van der Waals surface area contributed by atoms with Crippen molar-refractivity contribution in [2.75, 3.05) is 31.1 Å². The van der Waals surface area contributed by atoms with E-state index in [2.05, 4.69) is 157 Å². The van der Waals surface area contributed by atoms with Gasteiger partial charge >= 0.3 is 5.97 Å². The molecule has 0 radical (unpaired) electrons. The van der Waals surface area contributed by atoms with Gasteiger partial charge < -0.3 is 31.8 Å². The monoisotopic (exact) mass is 1010 g/mol. The fourth-order valence-electron chi connectivity index (χ4n) is 17.5. The van der Waals surface area contributed by atoms with Crippen LogP contribution in [0.15, 0.2) is 108 Å². The molecule has 0 spiro atoms. The number of hydrogen-bond acceptors (Lipinski definition) is 5. The molecule has 0 bridgehead atoms. The van der Waals surface area contributed by atoms with E-state index < -0.39 is 0 Å². The van der Waals surface area contributed by atoms with Crippen LogP contribution in [0.3, 0.4) is 0 Å². The summed E-state index contributed by atoms with van der Waals surface area (Å²) < 4.78 is 16.1. The van der Waals surface area contributed by atoms with Gasteiger partial charge in [-0.05, 0) is 180 Å². The molecule has 8 heteroatoms. The van der Waals surface area contributed by atoms with Crippen molar-refractivity contribution in [3.63, 3.8) is 0 Å². The number of nitrogens with zero attached hydrogens (tertiary/aromatic N) is 2. The van der Waals surface area contributed by atoms with Crippen LogP contribution < -0.4 is 32.6 Å². The first-order chi connectivity index (χ1) is 34.5. The summed E-state index contributed by atoms with van der Waals surface area (Å²) in [5.41, 5.74) is 7.60. The maximum absolute atomic E-state index is 15.1. The molecule has 7 aliphatic rings. The van der Waals surface area contributed by atoms with Crippen LogP contribution in [-0.4, -0.2) is 44.2 Å². The van der Waals surface area contributed by atoms with Gasteiger partial charge in [-0.25, -0.2) is 9.37 Å². The number of carbonyl (C=O) groups is 2. The third-order valence-electron chi connectivity index (χ3n) is 21.4. The zero-order valence-electron chi connectivity index (χ0n) is 45.8. The summed E-state index contributed by atoms with van der Waals surface area (Å²) in [5, 5.41) is 5.58. The zero-order valence-corrected chi connectivity index (χ0v) is 46.6. The van der Waals surface area contributed by atoms with Gasteiger partial charge in [0.05, 0.1) is 17.0 Å². The average Bonchev–Trinajstić information content (AvgIpc) is 3.78. The van der Waals surface area contributed by atoms with Gasteiger partial charge in [-0.1, -0.05) is 95.3 Å². The lowest BCUT2D eigenvalue weighted by Gasteiger charge is -2.72. The van der Waals surface area contributed by atoms with E-state index in [0.717, 1.165) is 121 Å². The Morgan fingerprint density at radius 1 is 0.753 bits per heavy atom. The predicted molar refractivity (Wildman–Crippen MR) is 295 cm³/mol. The van der Waals surface area contributed by atoms with Crippen LogP contribution in [0.2, 0.25) is 0 Å². The molecule has 5 saturated carbocycles. The van der Waals surface area contributed by atoms with Crippen molar-refractivity contribution in [1.29, 1.82) is 0 Å². The first-order valence-electron chi connectivity index (χ1n) is 28.1. The first kappa shape index (κ1) is 53.0. The lowest BCUT2D eigenvalue weighted by atomic mass is 9.32. The Balaban J connectivity index is 0.00000656. The van der Waals surface area contributed by atoms with Crippen LogP contribution in [0.1, 0.15) is 149 Å². The second kappa shape index (κ2) is 20.0. The van der Waals surface area contributed by atoms with E-state index >= 15 is 4.79 Å². The number of hydrogen-bond donors (Lipinski definition) is 1. The van der Waals surface area contributed by atoms with Gasteiger partial charge in [-0.2, -0.15) is 0 Å². The second-order valence-corrected chi connectivity index (χ2v) is 24.5. The van der Waals surface area contributed by atoms with Crippen molar-refractivity contribution in [3.8, 4) is 22.5 Å². The lowest BCUT2D eigenvalue weighted by Crippen LogP contribution is -3.00. The molecule has 0 saturated heterocycles. The maximum Gasteiger partial charge on any atom is 0.339 e. The summed E-state index contributed by atoms with van der Waals surface area (Å²) >= 11 is 0. The summed E-state index contributed by atoms with van der Waals surface area (Å²) in [5.74, 6) is 2.97. The SMILES string of the molecule is C=C(C)[C@@H]1CC[C@]2(C(=O)NCc3ccccc3)CC[C@]3(C)[C@H](CC[C@@H]4[C@@]5(C)CC[C@H](OC(=O)c6ccccc6-c6c7ccc(=[N+](CC)CC)cc-7oc7cc(N(CC)CC)ccc67)C(C)(C)[C@@H]5CC[C@]43C)[C@H]12.[Cl-]. The highest BCUT2D eigenvalue weighted by Gasteiger charge is 2.72. The number of halogens is 1. The van der Waals surface area contributed by atoms with E-state index in [1.165, 1.54) is 24.8 Å². The van der Waals surface area contributed by atoms with Gasteiger partial charge in [-0.15, -0.1) is 0 Å². The van der Waals surface area contributed by atoms with Crippen molar-refractivity contribution >= 4 is 28.5 Å². The Bertz CT molecular complexity index is 2910. The van der Waals surface area contributed by atoms with Gasteiger partial charge in [-0.3, -0.25) is 4.79 Å². The summed E-state index contributed by atoms with van der Waals surface area (Å²) in [7, 11) is 0. The molecule has 1 aliphatic heterocycles. The Labute approximate surface area is 443 Å². The normalized spacial score (nSPS) is 31.0. The Kier molecular flexibility index (Phi) is 14.5. The van der Waals surface area contributed by atoms with Crippen molar-refractivity contribution < 1.29 is 31.2 Å². The number of nitrogens with one attached hydrogen (secondary N) is 1. The maximum atomic E-state index is 15.1. The molecule has 390 valence electrons. The second-order valence-electron chi connectivity index (χ2n) is 24.5. The van der Waals surface area contributed by atoms with Crippen LogP contribution in [0.5, 0.6) is 0 Å². The number of fused-ring (bicyclic) bond motifs is 9. The van der Waals surface area contributed by atoms with E-state index in [1.807, 2.05) is 24.3 Å². The molecular formula is C65H84ClN3O4. The molecule has 6 aliphatic carbocycles. The molecule has 1 N–H and O–H groups in total. The van der Waals surface area contributed by atoms with Crippen LogP contribution in [0.25, 0.3) is 33.4 Å². The predicted octanol–water partition coefficient (Wildman–Crippen LogP) is 11.4. The van der Waals surface area contributed by atoms with Crippen molar-refractivity contribution in [3.05, 3.63) is 120 Å². The third kappa shape index (κ3) is 8.40. The van der Waals surface area contributed by atoms with E-state index in [9.17, 15) is 4.79 Å². The number of allylic oxidation sites excluding steroid dienone is 1. The summed E-state index contributed by atoms with van der Waals surface area (Å²) in [4.78, 5) is 32.1. The molecular weight excluding hydrogens is 922 g/mol. The smallest absolute Gasteiger partial charge is 0.339 e. The summed E-state index contributed by atoms with van der Waals surface area (Å²) in [6.07, 6.45) is 10.4. The first-order valence-corrected chi connectivity index (χ1v) is 28.1. The van der Waals surface area contributed by atoms with E-state index in [4.69, 9.17) is 9.15 Å². The quantitative estimate of drug-likeness (QED) is 0.0583. The molecule has 0 unspecified atom stereocenters. The number of benzene rings is 4. The molecule has 10 atom stereocenters. The number of amides is 1. The topological polar surface area (TPSA) is 74.8 Å². The highest BCUT2D eigenvalue weighted by atomic mass is 35.5. The Hall–Kier alpha value is -4.88. The molecule has 3 aromatic carbocycles. The Morgan fingerprint density at radius 2 is 1.48 bits per heavy atom. The molecule has 7 nitrogen and oxygen atoms in total. The third-order valence-corrected chi connectivity index (χ3v) is 21.4. The molecule has 1 amide bonds. The standard InChI is InChI=1S/C65H83N3O4.ClH/c1-12-67(13-2)44-25-27-49-52(39-44)71-53-40-45(68(14-3)15-4)26-28-50(53)57(49)47-23-19-20-24-48(47)59(69)72-56-33-34-62(9)54(61(56,7)8)32-35-64(11)55(62)30-29-51-58-46(42(5)6)31-36-65(58,38-37-63(51,64)10)60(70)66-41-43-21-17-16-18-22-43;/h16-28,39-40,46,51,54-56,58H,5,12-15,29-38,41H2,1-4,6-11H3;1H/t46-,51+,54-,55+,56-,58-,62-,63+,64+,65-;/m0./s1. The van der Waals surface area contributed by atoms with Gasteiger partial charge in [0.15, 0.2) is 0 Å². The lowest BCUT2D eigenvalue weighted by molar-refractivity contribution is -0.246. The Morgan fingerprint density at radius 3 is 2.19 bits per heavy atom. The fourth-order valence-corrected chi connectivity index (χ4v) is 17.5. The van der Waals surface area contributed by atoms with Crippen LogP contribution in [0, 0.1) is 56.7 Å². The van der Waals surface area contributed by atoms with Crippen molar-refractivity contribution in [2.45, 2.75) is 146 Å². The van der Waals surface area contributed by atoms with Crippen LogP contribution in [0.4, 0.5) is 5.69 Å². The fraction of sp³-hybridized carbons (Fsp3) is 0.554. The minimum Gasteiger partial charge on any atom is -1.00 e. The molecule has 1 heterocycles. The molecule has 73 heavy (non-hydrogen) atoms. The molecule has 10 rings (SSSR count). The van der Waals surface area contributed by atoms with E-state index in [1.54, 1.807) is 0 Å². The zero-order chi connectivity index (χ0) is 51.0.